The second-order valence-electron chi connectivity index (χ2n) is 14.1. The van der Waals surface area contributed by atoms with Crippen molar-refractivity contribution in [3.8, 4) is 0 Å². The number of hydrogen-bond acceptors (Lipinski definition) is 6. The lowest BCUT2D eigenvalue weighted by molar-refractivity contribution is -0.155. The molecule has 0 rings (SSSR count). The van der Waals surface area contributed by atoms with Crippen molar-refractivity contribution in [2.45, 2.75) is 194 Å². The zero-order valence-electron chi connectivity index (χ0n) is 32.7. The Morgan fingerprint density at radius 2 is 1.02 bits per heavy atom. The molecule has 0 aromatic heterocycles. The van der Waals surface area contributed by atoms with Crippen molar-refractivity contribution in [3.63, 3.8) is 0 Å². The maximum atomic E-state index is 12.9. The summed E-state index contributed by atoms with van der Waals surface area (Å²) in [6.07, 6.45) is 39.9. The molecule has 0 aliphatic heterocycles. The van der Waals surface area contributed by atoms with E-state index in [1.165, 1.54) is 116 Å². The van der Waals surface area contributed by atoms with Gasteiger partial charge in [0.25, 0.3) is 0 Å². The van der Waals surface area contributed by atoms with E-state index in [1.807, 2.05) is 0 Å². The maximum Gasteiger partial charge on any atom is 0.309 e. The molecule has 1 atom stereocenters. The highest BCUT2D eigenvalue weighted by Crippen LogP contribution is 2.20. The SMILES string of the molecule is CCCCC/C=C\C/C=C\CCCCCCCCN(CCCCO)CCC(=O)OCCOC(=O)C(CCCCCC)CCCCCCCC. The number of esters is 2. The van der Waals surface area contributed by atoms with E-state index in [0.717, 1.165) is 64.5 Å². The van der Waals surface area contributed by atoms with Crippen LogP contribution in [0.1, 0.15) is 194 Å². The van der Waals surface area contributed by atoms with Crippen LogP contribution in [-0.4, -0.2) is 61.4 Å². The molecule has 0 spiro atoms. The van der Waals surface area contributed by atoms with E-state index in [1.54, 1.807) is 0 Å². The Balaban J connectivity index is 4.21. The molecule has 0 heterocycles. The van der Waals surface area contributed by atoms with E-state index >= 15 is 0 Å². The second-order valence-corrected chi connectivity index (χ2v) is 14.1. The molecule has 0 saturated carbocycles. The fraction of sp³-hybridized carbons (Fsp3) is 0.860. The summed E-state index contributed by atoms with van der Waals surface area (Å²) in [6, 6.07) is 0. The summed E-state index contributed by atoms with van der Waals surface area (Å²) in [6.45, 7) is 9.69. The third-order valence-corrected chi connectivity index (χ3v) is 9.43. The predicted octanol–water partition coefficient (Wildman–Crippen LogP) is 11.7. The molecule has 0 aromatic carbocycles. The van der Waals surface area contributed by atoms with Crippen LogP contribution in [0, 0.1) is 5.92 Å². The number of aliphatic hydroxyl groups excluding tert-OH is 1. The number of hydrogen-bond donors (Lipinski definition) is 1. The molecule has 0 bridgehead atoms. The largest absolute Gasteiger partial charge is 0.462 e. The van der Waals surface area contributed by atoms with Gasteiger partial charge in [-0.15, -0.1) is 0 Å². The average Bonchev–Trinajstić information content (AvgIpc) is 3.10. The van der Waals surface area contributed by atoms with Gasteiger partial charge in [0.2, 0.25) is 0 Å². The summed E-state index contributed by atoms with van der Waals surface area (Å²) in [5, 5.41) is 9.23. The Morgan fingerprint density at radius 1 is 0.551 bits per heavy atom. The lowest BCUT2D eigenvalue weighted by atomic mass is 9.94. The lowest BCUT2D eigenvalue weighted by Gasteiger charge is -2.22. The molecule has 0 fully saturated rings. The van der Waals surface area contributed by atoms with Gasteiger partial charge in [-0.3, -0.25) is 9.59 Å². The first-order chi connectivity index (χ1) is 24.1. The highest BCUT2D eigenvalue weighted by Gasteiger charge is 2.19. The number of aliphatic hydroxyl groups is 1. The molecule has 1 N–H and O–H groups in total. The number of allylic oxidation sites excluding steroid dienone is 4. The molecular formula is C43H81NO5. The smallest absolute Gasteiger partial charge is 0.309 e. The zero-order valence-corrected chi connectivity index (χ0v) is 32.7. The van der Waals surface area contributed by atoms with Gasteiger partial charge in [0.1, 0.15) is 13.2 Å². The number of carbonyl (C=O) groups is 2. The molecule has 0 saturated heterocycles. The van der Waals surface area contributed by atoms with E-state index in [0.29, 0.717) is 13.0 Å². The fourth-order valence-electron chi connectivity index (χ4n) is 6.21. The molecule has 1 unspecified atom stereocenters. The molecule has 0 aliphatic carbocycles. The first-order valence-electron chi connectivity index (χ1n) is 21.0. The minimum absolute atomic E-state index is 0.0363. The normalized spacial score (nSPS) is 12.4. The van der Waals surface area contributed by atoms with Gasteiger partial charge in [0.15, 0.2) is 0 Å². The van der Waals surface area contributed by atoms with Crippen molar-refractivity contribution in [1.29, 1.82) is 0 Å². The number of ether oxygens (including phenoxy) is 2. The number of unbranched alkanes of at least 4 members (excludes halogenated alkanes) is 18. The van der Waals surface area contributed by atoms with Gasteiger partial charge in [-0.1, -0.05) is 148 Å². The summed E-state index contributed by atoms with van der Waals surface area (Å²) in [5.41, 5.74) is 0. The molecule has 0 amide bonds. The van der Waals surface area contributed by atoms with E-state index in [2.05, 4.69) is 50.0 Å². The van der Waals surface area contributed by atoms with Crippen molar-refractivity contribution in [3.05, 3.63) is 24.3 Å². The van der Waals surface area contributed by atoms with E-state index in [4.69, 9.17) is 9.47 Å². The molecule has 0 radical (unpaired) electrons. The van der Waals surface area contributed by atoms with Crippen LogP contribution < -0.4 is 0 Å². The van der Waals surface area contributed by atoms with Crippen LogP contribution in [0.4, 0.5) is 0 Å². The number of carbonyl (C=O) groups excluding carboxylic acids is 2. The van der Waals surface area contributed by atoms with Crippen LogP contribution in [0.15, 0.2) is 24.3 Å². The summed E-state index contributed by atoms with van der Waals surface area (Å²) < 4.78 is 11.0. The average molecular weight is 692 g/mol. The van der Waals surface area contributed by atoms with Gasteiger partial charge < -0.3 is 19.5 Å². The van der Waals surface area contributed by atoms with Crippen LogP contribution in [-0.2, 0) is 19.1 Å². The summed E-state index contributed by atoms with van der Waals surface area (Å²) in [7, 11) is 0. The minimum atomic E-state index is -0.233. The third-order valence-electron chi connectivity index (χ3n) is 9.43. The Labute approximate surface area is 304 Å². The first-order valence-corrected chi connectivity index (χ1v) is 21.0. The van der Waals surface area contributed by atoms with E-state index in [9.17, 15) is 14.7 Å². The van der Waals surface area contributed by atoms with E-state index < -0.39 is 0 Å². The minimum Gasteiger partial charge on any atom is -0.462 e. The van der Waals surface area contributed by atoms with Crippen molar-refractivity contribution in [2.24, 2.45) is 5.92 Å². The highest BCUT2D eigenvalue weighted by molar-refractivity contribution is 5.72. The number of nitrogens with zero attached hydrogens (tertiary/aromatic N) is 1. The highest BCUT2D eigenvalue weighted by atomic mass is 16.6. The van der Waals surface area contributed by atoms with Crippen LogP contribution in [0.2, 0.25) is 0 Å². The molecule has 49 heavy (non-hydrogen) atoms. The molecule has 0 aliphatic rings. The maximum absolute atomic E-state index is 12.9. The Kier molecular flexibility index (Phi) is 37.8. The van der Waals surface area contributed by atoms with Gasteiger partial charge in [-0.25, -0.2) is 0 Å². The summed E-state index contributed by atoms with van der Waals surface area (Å²) in [4.78, 5) is 27.7. The Hall–Kier alpha value is -1.66. The monoisotopic (exact) mass is 692 g/mol. The Morgan fingerprint density at radius 3 is 1.63 bits per heavy atom. The summed E-state index contributed by atoms with van der Waals surface area (Å²) in [5.74, 6) is -0.390. The predicted molar refractivity (Wildman–Crippen MR) is 209 cm³/mol. The van der Waals surface area contributed by atoms with Gasteiger partial charge in [-0.2, -0.15) is 0 Å². The standard InChI is InChI=1S/C43H81NO5/c1-4-7-10-13-15-16-17-18-19-20-21-22-23-24-26-29-35-44(36-30-31-38-45)37-34-42(46)48-39-40-49-43(47)41(32-27-12-9-6-3)33-28-25-14-11-8-5-2/h15-16,18-19,41,45H,4-14,17,20-40H2,1-3H3/b16-15-,19-18-. The van der Waals surface area contributed by atoms with Crippen LogP contribution in [0.25, 0.3) is 0 Å². The van der Waals surface area contributed by atoms with Crippen molar-refractivity contribution in [2.75, 3.05) is 39.5 Å². The summed E-state index contributed by atoms with van der Waals surface area (Å²) >= 11 is 0. The zero-order chi connectivity index (χ0) is 35.9. The molecule has 6 nitrogen and oxygen atoms in total. The lowest BCUT2D eigenvalue weighted by Crippen LogP contribution is -2.29. The molecule has 6 heteroatoms. The van der Waals surface area contributed by atoms with E-state index in [-0.39, 0.29) is 37.7 Å². The quantitative estimate of drug-likeness (QED) is 0.0394. The van der Waals surface area contributed by atoms with Gasteiger partial charge in [-0.05, 0) is 77.3 Å². The Bertz CT molecular complexity index is 767. The van der Waals surface area contributed by atoms with Crippen LogP contribution in [0.3, 0.4) is 0 Å². The topological polar surface area (TPSA) is 76.1 Å². The van der Waals surface area contributed by atoms with Gasteiger partial charge in [0.05, 0.1) is 12.3 Å². The fourth-order valence-corrected chi connectivity index (χ4v) is 6.21. The molecule has 0 aromatic rings. The second kappa shape index (κ2) is 39.1. The first kappa shape index (κ1) is 47.3. The van der Waals surface area contributed by atoms with Crippen molar-refractivity contribution < 1.29 is 24.2 Å². The third kappa shape index (κ3) is 34.6. The van der Waals surface area contributed by atoms with Crippen molar-refractivity contribution in [1.82, 2.24) is 4.90 Å². The number of rotatable bonds is 38. The molecular weight excluding hydrogens is 610 g/mol. The van der Waals surface area contributed by atoms with Crippen molar-refractivity contribution >= 4 is 11.9 Å². The van der Waals surface area contributed by atoms with Gasteiger partial charge in [0, 0.05) is 13.2 Å². The molecule has 288 valence electrons. The van der Waals surface area contributed by atoms with Crippen LogP contribution >= 0.6 is 0 Å². The van der Waals surface area contributed by atoms with Crippen LogP contribution in [0.5, 0.6) is 0 Å². The van der Waals surface area contributed by atoms with Gasteiger partial charge >= 0.3 is 11.9 Å².